The Labute approximate surface area is 150 Å². The lowest BCUT2D eigenvalue weighted by molar-refractivity contribution is 0.0951. The zero-order valence-corrected chi connectivity index (χ0v) is 14.9. The minimum atomic E-state index is -4.11. The van der Waals surface area contributed by atoms with Crippen LogP contribution >= 0.6 is 0 Å². The van der Waals surface area contributed by atoms with E-state index < -0.39 is 26.6 Å². The van der Waals surface area contributed by atoms with Gasteiger partial charge in [-0.15, -0.1) is 0 Å². The van der Waals surface area contributed by atoms with Crippen LogP contribution in [0.5, 0.6) is 0 Å². The molecule has 1 fully saturated rings. The normalized spacial score (nSPS) is 14.5. The van der Waals surface area contributed by atoms with E-state index in [1.54, 1.807) is 24.3 Å². The van der Waals surface area contributed by atoms with Crippen molar-refractivity contribution in [2.24, 2.45) is 0 Å². The van der Waals surface area contributed by atoms with Crippen molar-refractivity contribution in [1.29, 1.82) is 0 Å². The summed E-state index contributed by atoms with van der Waals surface area (Å²) in [4.78, 5) is 11.4. The number of nitrogens with one attached hydrogen (secondary N) is 1. The molecule has 0 unspecified atom stereocenters. The van der Waals surface area contributed by atoms with Gasteiger partial charge in [0.05, 0.1) is 0 Å². The Balaban J connectivity index is 1.72. The van der Waals surface area contributed by atoms with Crippen LogP contribution in [0, 0.1) is 11.6 Å². The van der Waals surface area contributed by atoms with Crippen molar-refractivity contribution < 1.29 is 22.0 Å². The van der Waals surface area contributed by atoms with Gasteiger partial charge < -0.3 is 5.32 Å². The SMILES string of the molecule is CN(Cc1ccc(C(=O)NC2CC2)cc1)S(=O)(=O)c1ccc(F)cc1F. The third kappa shape index (κ3) is 4.08. The Morgan fingerprint density at radius 3 is 2.38 bits per heavy atom. The highest BCUT2D eigenvalue weighted by atomic mass is 32.2. The fraction of sp³-hybridized carbons (Fsp3) is 0.278. The predicted molar refractivity (Wildman–Crippen MR) is 91.9 cm³/mol. The molecule has 0 saturated heterocycles. The smallest absolute Gasteiger partial charge is 0.251 e. The zero-order chi connectivity index (χ0) is 18.9. The summed E-state index contributed by atoms with van der Waals surface area (Å²) in [6.07, 6.45) is 1.98. The Hall–Kier alpha value is -2.32. The molecule has 26 heavy (non-hydrogen) atoms. The lowest BCUT2D eigenvalue weighted by atomic mass is 10.1. The lowest BCUT2D eigenvalue weighted by Crippen LogP contribution is -2.27. The lowest BCUT2D eigenvalue weighted by Gasteiger charge is -2.18. The number of amides is 1. The van der Waals surface area contributed by atoms with Crippen molar-refractivity contribution in [2.75, 3.05) is 7.05 Å². The van der Waals surface area contributed by atoms with Crippen molar-refractivity contribution in [3.63, 3.8) is 0 Å². The summed E-state index contributed by atoms with van der Waals surface area (Å²) in [7, 11) is -2.79. The molecule has 2 aromatic rings. The van der Waals surface area contributed by atoms with Crippen LogP contribution in [-0.2, 0) is 16.6 Å². The highest BCUT2D eigenvalue weighted by Crippen LogP contribution is 2.22. The maximum absolute atomic E-state index is 13.8. The Kier molecular flexibility index (Phi) is 5.06. The first kappa shape index (κ1) is 18.5. The summed E-state index contributed by atoms with van der Waals surface area (Å²) in [6, 6.07) is 9.12. The van der Waals surface area contributed by atoms with E-state index in [0.717, 1.165) is 29.3 Å². The molecule has 0 spiro atoms. The summed E-state index contributed by atoms with van der Waals surface area (Å²) in [5, 5.41) is 2.87. The van der Waals surface area contributed by atoms with Crippen LogP contribution in [0.1, 0.15) is 28.8 Å². The number of sulfonamides is 1. The molecule has 1 N–H and O–H groups in total. The van der Waals surface area contributed by atoms with Crippen LogP contribution in [-0.4, -0.2) is 31.7 Å². The first-order valence-electron chi connectivity index (χ1n) is 8.08. The van der Waals surface area contributed by atoms with E-state index in [9.17, 15) is 22.0 Å². The Morgan fingerprint density at radius 1 is 1.15 bits per heavy atom. The standard InChI is InChI=1S/C18H18F2N2O3S/c1-22(26(24,25)17-9-6-14(19)10-16(17)20)11-12-2-4-13(5-3-12)18(23)21-15-7-8-15/h2-6,9-10,15H,7-8,11H2,1H3,(H,21,23). The largest absolute Gasteiger partial charge is 0.349 e. The summed E-state index contributed by atoms with van der Waals surface area (Å²) >= 11 is 0. The van der Waals surface area contributed by atoms with Crippen LogP contribution in [0.2, 0.25) is 0 Å². The van der Waals surface area contributed by atoms with Crippen LogP contribution in [0.15, 0.2) is 47.4 Å². The van der Waals surface area contributed by atoms with Crippen molar-refractivity contribution in [2.45, 2.75) is 30.3 Å². The van der Waals surface area contributed by atoms with Gasteiger partial charge in [-0.1, -0.05) is 12.1 Å². The molecule has 8 heteroatoms. The van der Waals surface area contributed by atoms with Crippen molar-refractivity contribution in [3.8, 4) is 0 Å². The molecule has 1 amide bonds. The fourth-order valence-corrected chi connectivity index (χ4v) is 3.65. The van der Waals surface area contributed by atoms with Gasteiger partial charge >= 0.3 is 0 Å². The number of benzene rings is 2. The predicted octanol–water partition coefficient (Wildman–Crippen LogP) is 2.68. The number of carbonyl (C=O) groups excluding carboxylic acids is 1. The number of nitrogens with zero attached hydrogens (tertiary/aromatic N) is 1. The second kappa shape index (κ2) is 7.13. The van der Waals surface area contributed by atoms with Gasteiger partial charge in [0.15, 0.2) is 0 Å². The Morgan fingerprint density at radius 2 is 1.81 bits per heavy atom. The van der Waals surface area contributed by atoms with E-state index >= 15 is 0 Å². The first-order valence-corrected chi connectivity index (χ1v) is 9.52. The van der Waals surface area contributed by atoms with Crippen molar-refractivity contribution in [3.05, 3.63) is 65.2 Å². The average molecular weight is 380 g/mol. The Bertz CT molecular complexity index is 926. The number of hydrogen-bond acceptors (Lipinski definition) is 3. The van der Waals surface area contributed by atoms with Crippen LogP contribution in [0.25, 0.3) is 0 Å². The molecule has 0 aliphatic heterocycles. The van der Waals surface area contributed by atoms with Gasteiger partial charge in [-0.25, -0.2) is 17.2 Å². The van der Waals surface area contributed by atoms with Crippen molar-refractivity contribution in [1.82, 2.24) is 9.62 Å². The summed E-state index contributed by atoms with van der Waals surface area (Å²) in [5.74, 6) is -2.14. The highest BCUT2D eigenvalue weighted by molar-refractivity contribution is 7.89. The average Bonchev–Trinajstić information content (AvgIpc) is 3.39. The monoisotopic (exact) mass is 380 g/mol. The molecule has 0 heterocycles. The first-order chi connectivity index (χ1) is 12.3. The quantitative estimate of drug-likeness (QED) is 0.838. The fourth-order valence-electron chi connectivity index (χ4n) is 2.45. The summed E-state index contributed by atoms with van der Waals surface area (Å²) in [5.41, 5.74) is 1.14. The summed E-state index contributed by atoms with van der Waals surface area (Å²) < 4.78 is 52.7. The van der Waals surface area contributed by atoms with E-state index in [-0.39, 0.29) is 18.5 Å². The molecule has 1 aliphatic rings. The van der Waals surface area contributed by atoms with E-state index in [4.69, 9.17) is 0 Å². The number of carbonyl (C=O) groups is 1. The van der Waals surface area contributed by atoms with Crippen LogP contribution < -0.4 is 5.32 Å². The van der Waals surface area contributed by atoms with E-state index in [0.29, 0.717) is 17.2 Å². The van der Waals surface area contributed by atoms with Gasteiger partial charge in [0, 0.05) is 31.3 Å². The van der Waals surface area contributed by atoms with Gasteiger partial charge in [-0.05, 0) is 42.7 Å². The van der Waals surface area contributed by atoms with Gasteiger partial charge in [-0.2, -0.15) is 4.31 Å². The molecule has 0 radical (unpaired) electrons. The van der Waals surface area contributed by atoms with Gasteiger partial charge in [-0.3, -0.25) is 4.79 Å². The van der Waals surface area contributed by atoms with Crippen LogP contribution in [0.4, 0.5) is 8.78 Å². The molecule has 1 aliphatic carbocycles. The number of rotatable bonds is 6. The topological polar surface area (TPSA) is 66.5 Å². The second-order valence-electron chi connectivity index (χ2n) is 6.28. The van der Waals surface area contributed by atoms with E-state index in [1.165, 1.54) is 7.05 Å². The second-order valence-corrected chi connectivity index (χ2v) is 8.29. The van der Waals surface area contributed by atoms with E-state index in [2.05, 4.69) is 5.32 Å². The van der Waals surface area contributed by atoms with Crippen molar-refractivity contribution >= 4 is 15.9 Å². The third-order valence-corrected chi connectivity index (χ3v) is 5.95. The molecule has 0 aromatic heterocycles. The maximum Gasteiger partial charge on any atom is 0.251 e. The molecule has 0 atom stereocenters. The maximum atomic E-state index is 13.8. The number of hydrogen-bond donors (Lipinski definition) is 1. The zero-order valence-electron chi connectivity index (χ0n) is 14.1. The molecule has 3 rings (SSSR count). The van der Waals surface area contributed by atoms with Gasteiger partial charge in [0.2, 0.25) is 10.0 Å². The van der Waals surface area contributed by atoms with Crippen LogP contribution in [0.3, 0.4) is 0 Å². The van der Waals surface area contributed by atoms with E-state index in [1.807, 2.05) is 0 Å². The minimum absolute atomic E-state index is 0.0102. The van der Waals surface area contributed by atoms with Gasteiger partial charge in [0.25, 0.3) is 5.91 Å². The molecule has 138 valence electrons. The molecular formula is C18H18F2N2O3S. The molecule has 5 nitrogen and oxygen atoms in total. The van der Waals surface area contributed by atoms with Gasteiger partial charge in [0.1, 0.15) is 16.5 Å². The highest BCUT2D eigenvalue weighted by Gasteiger charge is 2.26. The molecule has 0 bridgehead atoms. The number of halogens is 2. The molecule has 1 saturated carbocycles. The summed E-state index contributed by atoms with van der Waals surface area (Å²) in [6.45, 7) is -0.0102. The third-order valence-electron chi connectivity index (χ3n) is 4.12. The molecule has 2 aromatic carbocycles. The molecular weight excluding hydrogens is 362 g/mol. The minimum Gasteiger partial charge on any atom is -0.349 e.